The van der Waals surface area contributed by atoms with Gasteiger partial charge >= 0.3 is 0 Å². The van der Waals surface area contributed by atoms with Gasteiger partial charge in [-0.05, 0) is 29.8 Å². The zero-order valence-corrected chi connectivity index (χ0v) is 16.6. The lowest BCUT2D eigenvalue weighted by Crippen LogP contribution is -2.36. The number of carbonyl (C=O) groups is 1. The highest BCUT2D eigenvalue weighted by Gasteiger charge is 2.39. The average Bonchev–Trinajstić information content (AvgIpc) is 3.21. The molecule has 144 valence electrons. The number of hydrogen-bond acceptors (Lipinski definition) is 5. The first-order valence-corrected chi connectivity index (χ1v) is 10.5. The van der Waals surface area contributed by atoms with Gasteiger partial charge in [0.25, 0.3) is 0 Å². The molecule has 3 rings (SSSR count). The van der Waals surface area contributed by atoms with Crippen molar-refractivity contribution >= 4 is 27.3 Å². The van der Waals surface area contributed by atoms with E-state index in [1.807, 2.05) is 26.8 Å². The maximum atomic E-state index is 12.9. The number of hydrazone groups is 1. The van der Waals surface area contributed by atoms with Crippen molar-refractivity contribution in [2.75, 3.05) is 11.0 Å². The number of furan rings is 1. The van der Waals surface area contributed by atoms with E-state index in [-0.39, 0.29) is 11.9 Å². The molecular formula is C19H23N3O4S. The third-order valence-electron chi connectivity index (χ3n) is 4.15. The Morgan fingerprint density at radius 2 is 1.89 bits per heavy atom. The van der Waals surface area contributed by atoms with Crippen molar-refractivity contribution in [2.24, 2.45) is 10.5 Å². The molecule has 1 aliphatic rings. The first kappa shape index (κ1) is 19.2. The molecule has 0 aliphatic carbocycles. The molecule has 1 aromatic carbocycles. The summed E-state index contributed by atoms with van der Waals surface area (Å²) in [6.07, 6.45) is 3.21. The lowest BCUT2D eigenvalue weighted by molar-refractivity contribution is -0.141. The normalized spacial score (nSPS) is 17.7. The van der Waals surface area contributed by atoms with Crippen molar-refractivity contribution in [2.45, 2.75) is 33.2 Å². The molecule has 1 unspecified atom stereocenters. The molecule has 1 amide bonds. The summed E-state index contributed by atoms with van der Waals surface area (Å²) in [4.78, 5) is 12.9. The topological polar surface area (TPSA) is 92.0 Å². The van der Waals surface area contributed by atoms with Crippen LogP contribution in [0.15, 0.2) is 52.2 Å². The van der Waals surface area contributed by atoms with Gasteiger partial charge in [0.05, 0.1) is 18.2 Å². The molecule has 0 fully saturated rings. The second kappa shape index (κ2) is 6.84. The number of sulfonamides is 1. The van der Waals surface area contributed by atoms with Crippen LogP contribution in [-0.2, 0) is 14.8 Å². The first-order valence-electron chi connectivity index (χ1n) is 8.57. The first-order chi connectivity index (χ1) is 12.5. The Labute approximate surface area is 159 Å². The highest BCUT2D eigenvalue weighted by molar-refractivity contribution is 7.92. The monoisotopic (exact) mass is 389 g/mol. The molecule has 27 heavy (non-hydrogen) atoms. The summed E-state index contributed by atoms with van der Waals surface area (Å²) in [5.74, 6) is 0.593. The second-order valence-corrected chi connectivity index (χ2v) is 9.38. The minimum Gasteiger partial charge on any atom is -0.467 e. The molecular weight excluding hydrogens is 366 g/mol. The fourth-order valence-electron chi connectivity index (χ4n) is 2.86. The van der Waals surface area contributed by atoms with Crippen LogP contribution in [0.2, 0.25) is 0 Å². The van der Waals surface area contributed by atoms with Crippen LogP contribution in [-0.4, -0.2) is 31.3 Å². The molecule has 8 heteroatoms. The van der Waals surface area contributed by atoms with E-state index < -0.39 is 15.4 Å². The number of nitrogens with one attached hydrogen (secondary N) is 1. The summed E-state index contributed by atoms with van der Waals surface area (Å²) < 4.78 is 30.6. The Hall–Kier alpha value is -2.61. The molecule has 7 nitrogen and oxygen atoms in total. The molecule has 2 aromatic rings. The van der Waals surface area contributed by atoms with Gasteiger partial charge in [-0.2, -0.15) is 5.10 Å². The van der Waals surface area contributed by atoms with Gasteiger partial charge in [-0.3, -0.25) is 9.52 Å². The zero-order chi connectivity index (χ0) is 19.8. The van der Waals surface area contributed by atoms with E-state index in [2.05, 4.69) is 9.82 Å². The number of amides is 1. The minimum absolute atomic E-state index is 0.0886. The van der Waals surface area contributed by atoms with E-state index in [0.29, 0.717) is 17.9 Å². The number of hydrogen-bond donors (Lipinski definition) is 1. The van der Waals surface area contributed by atoms with Crippen molar-refractivity contribution in [1.82, 2.24) is 5.01 Å². The Morgan fingerprint density at radius 1 is 1.22 bits per heavy atom. The molecule has 0 spiro atoms. The van der Waals surface area contributed by atoms with Crippen LogP contribution in [0.4, 0.5) is 5.69 Å². The average molecular weight is 389 g/mol. The third-order valence-corrected chi connectivity index (χ3v) is 4.76. The Bertz CT molecular complexity index is 955. The van der Waals surface area contributed by atoms with E-state index in [0.717, 1.165) is 17.5 Å². The summed E-state index contributed by atoms with van der Waals surface area (Å²) in [5.41, 5.74) is 1.48. The number of rotatable bonds is 4. The standard InChI is InChI=1S/C19H23N3O4S/c1-19(2,3)18(23)22-16(17-6-5-11-26-17)12-15(20-22)13-7-9-14(10-8-13)21-27(4,24)25/h5-11,16,21H,12H2,1-4H3. The molecule has 0 radical (unpaired) electrons. The summed E-state index contributed by atoms with van der Waals surface area (Å²) in [7, 11) is -3.33. The molecule has 1 aliphatic heterocycles. The molecule has 2 heterocycles. The Morgan fingerprint density at radius 3 is 2.41 bits per heavy atom. The predicted octanol–water partition coefficient (Wildman–Crippen LogP) is 3.37. The van der Waals surface area contributed by atoms with Crippen LogP contribution in [0.3, 0.4) is 0 Å². The molecule has 0 saturated carbocycles. The van der Waals surface area contributed by atoms with Crippen LogP contribution < -0.4 is 4.72 Å². The van der Waals surface area contributed by atoms with E-state index in [1.54, 1.807) is 36.6 Å². The molecule has 0 bridgehead atoms. The Kier molecular flexibility index (Phi) is 4.86. The summed E-state index contributed by atoms with van der Waals surface area (Å²) >= 11 is 0. The van der Waals surface area contributed by atoms with Gasteiger partial charge in [0.1, 0.15) is 11.8 Å². The quantitative estimate of drug-likeness (QED) is 0.868. The number of carbonyl (C=O) groups excluding carboxylic acids is 1. The van der Waals surface area contributed by atoms with Crippen LogP contribution in [0.1, 0.15) is 44.6 Å². The van der Waals surface area contributed by atoms with Crippen molar-refractivity contribution in [3.63, 3.8) is 0 Å². The van der Waals surface area contributed by atoms with Crippen LogP contribution >= 0.6 is 0 Å². The zero-order valence-electron chi connectivity index (χ0n) is 15.8. The van der Waals surface area contributed by atoms with Crippen molar-refractivity contribution in [3.8, 4) is 0 Å². The Balaban J connectivity index is 1.90. The van der Waals surface area contributed by atoms with Gasteiger partial charge in [-0.25, -0.2) is 13.4 Å². The van der Waals surface area contributed by atoms with E-state index in [4.69, 9.17) is 4.42 Å². The van der Waals surface area contributed by atoms with Gasteiger partial charge in [-0.1, -0.05) is 32.9 Å². The molecule has 1 atom stereocenters. The lowest BCUT2D eigenvalue weighted by Gasteiger charge is -2.27. The highest BCUT2D eigenvalue weighted by atomic mass is 32.2. The van der Waals surface area contributed by atoms with Crippen molar-refractivity contribution in [1.29, 1.82) is 0 Å². The maximum absolute atomic E-state index is 12.9. The molecule has 1 N–H and O–H groups in total. The van der Waals surface area contributed by atoms with Crippen molar-refractivity contribution in [3.05, 3.63) is 54.0 Å². The summed E-state index contributed by atoms with van der Waals surface area (Å²) in [6.45, 7) is 5.56. The maximum Gasteiger partial charge on any atom is 0.248 e. The fourth-order valence-corrected chi connectivity index (χ4v) is 3.43. The van der Waals surface area contributed by atoms with Crippen LogP contribution in [0.5, 0.6) is 0 Å². The fraction of sp³-hybridized carbons (Fsp3) is 0.368. The third kappa shape index (κ3) is 4.39. The van der Waals surface area contributed by atoms with Gasteiger partial charge in [-0.15, -0.1) is 0 Å². The lowest BCUT2D eigenvalue weighted by atomic mass is 9.94. The number of anilines is 1. The van der Waals surface area contributed by atoms with E-state index >= 15 is 0 Å². The summed E-state index contributed by atoms with van der Waals surface area (Å²) in [6, 6.07) is 10.3. The highest BCUT2D eigenvalue weighted by Crippen LogP contribution is 2.36. The predicted molar refractivity (Wildman–Crippen MR) is 104 cm³/mol. The van der Waals surface area contributed by atoms with Gasteiger partial charge < -0.3 is 4.42 Å². The van der Waals surface area contributed by atoms with E-state index in [1.165, 1.54) is 5.01 Å². The minimum atomic E-state index is -3.33. The SMILES string of the molecule is CC(C)(C)C(=O)N1N=C(c2ccc(NS(C)(=O)=O)cc2)CC1c1ccco1. The second-order valence-electron chi connectivity index (χ2n) is 7.63. The number of benzene rings is 1. The van der Waals surface area contributed by atoms with Gasteiger partial charge in [0, 0.05) is 17.5 Å². The summed E-state index contributed by atoms with van der Waals surface area (Å²) in [5, 5.41) is 6.06. The van der Waals surface area contributed by atoms with Gasteiger partial charge in [0.2, 0.25) is 15.9 Å². The van der Waals surface area contributed by atoms with Gasteiger partial charge in [0.15, 0.2) is 0 Å². The van der Waals surface area contributed by atoms with Crippen molar-refractivity contribution < 1.29 is 17.6 Å². The number of nitrogens with zero attached hydrogens (tertiary/aromatic N) is 2. The van der Waals surface area contributed by atoms with E-state index in [9.17, 15) is 13.2 Å². The molecule has 0 saturated heterocycles. The smallest absolute Gasteiger partial charge is 0.248 e. The van der Waals surface area contributed by atoms with Crippen LogP contribution in [0, 0.1) is 5.41 Å². The largest absolute Gasteiger partial charge is 0.467 e. The van der Waals surface area contributed by atoms with Crippen LogP contribution in [0.25, 0.3) is 0 Å². The molecule has 1 aromatic heterocycles.